The van der Waals surface area contributed by atoms with Gasteiger partial charge in [0.1, 0.15) is 47.8 Å². The Morgan fingerprint density at radius 2 is 1.61 bits per heavy atom. The van der Waals surface area contributed by atoms with Crippen LogP contribution in [-0.4, -0.2) is 79.2 Å². The lowest BCUT2D eigenvalue weighted by atomic mass is 9.97. The summed E-state index contributed by atoms with van der Waals surface area (Å²) >= 11 is 0. The molecule has 4 rings (SSSR count). The molecule has 0 saturated carbocycles. The van der Waals surface area contributed by atoms with Crippen LogP contribution in [0.3, 0.4) is 0 Å². The molecule has 0 radical (unpaired) electrons. The molecular weight excluding hydrogens is 412 g/mol. The first-order chi connectivity index (χ1) is 14.8. The summed E-state index contributed by atoms with van der Waals surface area (Å²) in [5.74, 6) is -0.281. The SMILES string of the molecule is OC[C@@H]1O[C@H](OC2=C(c3ccc(O)cc3)OC3C=C(O)C=C(O)C3=C2)[C@@H](O)[C@H](O)[C@H]1O. The zero-order valence-corrected chi connectivity index (χ0v) is 16.1. The molecule has 1 aliphatic carbocycles. The molecule has 0 amide bonds. The first kappa shape index (κ1) is 21.2. The van der Waals surface area contributed by atoms with Crippen molar-refractivity contribution in [1.29, 1.82) is 0 Å². The van der Waals surface area contributed by atoms with E-state index in [0.29, 0.717) is 5.56 Å². The van der Waals surface area contributed by atoms with Crippen molar-refractivity contribution in [2.75, 3.05) is 6.61 Å². The number of hydrogen-bond acceptors (Lipinski definition) is 10. The number of phenols is 1. The van der Waals surface area contributed by atoms with Gasteiger partial charge in [-0.25, -0.2) is 0 Å². The number of rotatable bonds is 4. The van der Waals surface area contributed by atoms with Gasteiger partial charge in [0.25, 0.3) is 0 Å². The highest BCUT2D eigenvalue weighted by atomic mass is 16.7. The summed E-state index contributed by atoms with van der Waals surface area (Å²) < 4.78 is 17.1. The topological polar surface area (TPSA) is 169 Å². The Balaban J connectivity index is 1.73. The normalized spacial score (nSPS) is 33.0. The lowest BCUT2D eigenvalue weighted by Gasteiger charge is -2.40. The van der Waals surface area contributed by atoms with E-state index in [1.807, 2.05) is 0 Å². The molecule has 6 atom stereocenters. The van der Waals surface area contributed by atoms with Crippen molar-refractivity contribution in [2.24, 2.45) is 0 Å². The van der Waals surface area contributed by atoms with Crippen LogP contribution < -0.4 is 0 Å². The van der Waals surface area contributed by atoms with Gasteiger partial charge in [-0.3, -0.25) is 0 Å². The number of ether oxygens (including phenoxy) is 3. The maximum Gasteiger partial charge on any atom is 0.229 e. The number of aliphatic hydroxyl groups is 6. The second kappa shape index (κ2) is 8.25. The minimum atomic E-state index is -1.65. The summed E-state index contributed by atoms with van der Waals surface area (Å²) in [6.07, 6.45) is -4.40. The van der Waals surface area contributed by atoms with E-state index >= 15 is 0 Å². The maximum absolute atomic E-state index is 10.3. The Hall–Kier alpha value is -3.02. The number of hydrogen-bond donors (Lipinski definition) is 7. The zero-order chi connectivity index (χ0) is 22.3. The standard InChI is InChI=1S/C21H22O10/c22-8-16-17(26)18(27)19(28)21(31-16)30-15-7-12-13(25)5-11(24)6-14(12)29-20(15)9-1-3-10(23)4-2-9/h1-7,14,16-19,21-28H,8H2/t14?,16-,17-,18+,19-,21-/m0/s1. The second-order valence-electron chi connectivity index (χ2n) is 7.31. The van der Waals surface area contributed by atoms with Gasteiger partial charge >= 0.3 is 0 Å². The summed E-state index contributed by atoms with van der Waals surface area (Å²) in [4.78, 5) is 0. The Bertz CT molecular complexity index is 959. The van der Waals surface area contributed by atoms with Crippen molar-refractivity contribution < 1.29 is 50.0 Å². The van der Waals surface area contributed by atoms with E-state index in [2.05, 4.69) is 0 Å². The predicted molar refractivity (Wildman–Crippen MR) is 104 cm³/mol. The number of phenolic OH excluding ortho intramolecular Hbond substituents is 1. The summed E-state index contributed by atoms with van der Waals surface area (Å²) in [6.45, 7) is -0.623. The van der Waals surface area contributed by atoms with Gasteiger partial charge in [0.15, 0.2) is 11.5 Å². The average molecular weight is 434 g/mol. The smallest absolute Gasteiger partial charge is 0.229 e. The number of aromatic hydroxyl groups is 1. The molecule has 0 bridgehead atoms. The van der Waals surface area contributed by atoms with Gasteiger partial charge in [0.2, 0.25) is 6.29 Å². The number of allylic oxidation sites excluding steroid dienone is 2. The van der Waals surface area contributed by atoms with E-state index in [-0.39, 0.29) is 34.4 Å². The molecule has 1 aromatic rings. The van der Waals surface area contributed by atoms with E-state index in [9.17, 15) is 35.7 Å². The molecule has 2 heterocycles. The first-order valence-corrected chi connectivity index (χ1v) is 9.49. The summed E-state index contributed by atoms with van der Waals surface area (Å²) in [5.41, 5.74) is 0.731. The zero-order valence-electron chi connectivity index (χ0n) is 16.1. The second-order valence-corrected chi connectivity index (χ2v) is 7.31. The molecule has 1 unspecified atom stereocenters. The molecule has 0 aromatic heterocycles. The third-order valence-electron chi connectivity index (χ3n) is 5.19. The Morgan fingerprint density at radius 1 is 0.903 bits per heavy atom. The lowest BCUT2D eigenvalue weighted by molar-refractivity contribution is -0.290. The van der Waals surface area contributed by atoms with E-state index in [0.717, 1.165) is 6.08 Å². The first-order valence-electron chi connectivity index (χ1n) is 9.49. The molecule has 2 aliphatic heterocycles. The third kappa shape index (κ3) is 3.99. The fourth-order valence-corrected chi connectivity index (χ4v) is 3.51. The highest BCUT2D eigenvalue weighted by Gasteiger charge is 2.45. The third-order valence-corrected chi connectivity index (χ3v) is 5.19. The van der Waals surface area contributed by atoms with E-state index in [1.54, 1.807) is 12.1 Å². The summed E-state index contributed by atoms with van der Waals surface area (Å²) in [7, 11) is 0. The van der Waals surface area contributed by atoms with Crippen molar-refractivity contribution in [2.45, 2.75) is 36.8 Å². The lowest BCUT2D eigenvalue weighted by Crippen LogP contribution is -2.59. The van der Waals surface area contributed by atoms with Crippen molar-refractivity contribution in [3.63, 3.8) is 0 Å². The monoisotopic (exact) mass is 434 g/mol. The Morgan fingerprint density at radius 3 is 2.29 bits per heavy atom. The average Bonchev–Trinajstić information content (AvgIpc) is 2.74. The molecule has 0 spiro atoms. The van der Waals surface area contributed by atoms with Crippen LogP contribution in [0.1, 0.15) is 5.56 Å². The van der Waals surface area contributed by atoms with Gasteiger partial charge in [0.05, 0.1) is 6.61 Å². The van der Waals surface area contributed by atoms with Crippen LogP contribution in [0.25, 0.3) is 5.76 Å². The molecule has 10 nitrogen and oxygen atoms in total. The molecule has 10 heteroatoms. The number of fused-ring (bicyclic) bond motifs is 1. The van der Waals surface area contributed by atoms with Gasteiger partial charge in [-0.15, -0.1) is 0 Å². The largest absolute Gasteiger partial charge is 0.508 e. The molecule has 166 valence electrons. The van der Waals surface area contributed by atoms with E-state index in [1.165, 1.54) is 24.3 Å². The van der Waals surface area contributed by atoms with Crippen molar-refractivity contribution in [1.82, 2.24) is 0 Å². The van der Waals surface area contributed by atoms with Crippen molar-refractivity contribution in [3.05, 3.63) is 70.9 Å². The van der Waals surface area contributed by atoms with Crippen molar-refractivity contribution in [3.8, 4) is 5.75 Å². The summed E-state index contributed by atoms with van der Waals surface area (Å²) in [6, 6.07) is 5.92. The van der Waals surface area contributed by atoms with Gasteiger partial charge in [-0.1, -0.05) is 0 Å². The number of aliphatic hydroxyl groups excluding tert-OH is 6. The van der Waals surface area contributed by atoms with E-state index < -0.39 is 43.4 Å². The van der Waals surface area contributed by atoms with Crippen LogP contribution in [0.15, 0.2) is 65.3 Å². The van der Waals surface area contributed by atoms with Crippen LogP contribution >= 0.6 is 0 Å². The highest BCUT2D eigenvalue weighted by molar-refractivity contribution is 5.68. The fraction of sp³-hybridized carbons (Fsp3) is 0.333. The summed E-state index contributed by atoms with van der Waals surface area (Å²) in [5, 5.41) is 69.2. The molecular formula is C21H22O10. The Kier molecular flexibility index (Phi) is 5.65. The van der Waals surface area contributed by atoms with Gasteiger partial charge < -0.3 is 50.0 Å². The number of benzene rings is 1. The van der Waals surface area contributed by atoms with Crippen molar-refractivity contribution >= 4 is 5.76 Å². The quantitative estimate of drug-likeness (QED) is 0.345. The van der Waals surface area contributed by atoms with Crippen LogP contribution in [0, 0.1) is 0 Å². The molecule has 7 N–H and O–H groups in total. The van der Waals surface area contributed by atoms with Crippen LogP contribution in [-0.2, 0) is 14.2 Å². The Labute approximate surface area is 176 Å². The molecule has 1 saturated heterocycles. The fourth-order valence-electron chi connectivity index (χ4n) is 3.51. The predicted octanol–water partition coefficient (Wildman–Crippen LogP) is 0.0999. The molecule has 1 aromatic carbocycles. The van der Waals surface area contributed by atoms with Crippen LogP contribution in [0.5, 0.6) is 5.75 Å². The minimum Gasteiger partial charge on any atom is -0.508 e. The minimum absolute atomic E-state index is 0.0102. The highest BCUT2D eigenvalue weighted by Crippen LogP contribution is 2.38. The van der Waals surface area contributed by atoms with Crippen LogP contribution in [0.2, 0.25) is 0 Å². The molecule has 1 fully saturated rings. The van der Waals surface area contributed by atoms with E-state index in [4.69, 9.17) is 14.2 Å². The maximum atomic E-state index is 10.3. The molecule has 3 aliphatic rings. The molecule has 31 heavy (non-hydrogen) atoms. The van der Waals surface area contributed by atoms with Gasteiger partial charge in [0, 0.05) is 23.3 Å². The van der Waals surface area contributed by atoms with Gasteiger partial charge in [-0.05, 0) is 30.3 Å². The van der Waals surface area contributed by atoms with Crippen LogP contribution in [0.4, 0.5) is 0 Å². The van der Waals surface area contributed by atoms with Gasteiger partial charge in [-0.2, -0.15) is 0 Å².